The van der Waals surface area contributed by atoms with Crippen LogP contribution >= 0.6 is 0 Å². The molecule has 15 heavy (non-hydrogen) atoms. The van der Waals surface area contributed by atoms with Crippen molar-refractivity contribution >= 4 is 11.4 Å². The van der Waals surface area contributed by atoms with Gasteiger partial charge in [0.1, 0.15) is 0 Å². The summed E-state index contributed by atoms with van der Waals surface area (Å²) in [6.45, 7) is 0.814. The van der Waals surface area contributed by atoms with E-state index in [1.165, 1.54) is 6.07 Å². The van der Waals surface area contributed by atoms with E-state index in [2.05, 4.69) is 5.32 Å². The van der Waals surface area contributed by atoms with E-state index in [0.29, 0.717) is 6.54 Å². The number of aliphatic hydroxyl groups excluding tert-OH is 1. The second-order valence-corrected chi connectivity index (χ2v) is 3.73. The summed E-state index contributed by atoms with van der Waals surface area (Å²) in [5, 5.41) is 22.7. The van der Waals surface area contributed by atoms with Crippen molar-refractivity contribution in [3.8, 4) is 0 Å². The van der Waals surface area contributed by atoms with Crippen LogP contribution in [-0.4, -0.2) is 23.2 Å². The summed E-state index contributed by atoms with van der Waals surface area (Å²) in [6.07, 6.45) is 0.775. The molecule has 0 fully saturated rings. The van der Waals surface area contributed by atoms with Crippen molar-refractivity contribution in [2.45, 2.75) is 6.42 Å². The lowest BCUT2D eigenvalue weighted by Crippen LogP contribution is -2.25. The van der Waals surface area contributed by atoms with Crippen molar-refractivity contribution in [2.75, 3.05) is 18.5 Å². The van der Waals surface area contributed by atoms with Gasteiger partial charge in [-0.15, -0.1) is 0 Å². The Kier molecular flexibility index (Phi) is 2.55. The highest BCUT2D eigenvalue weighted by molar-refractivity contribution is 5.58. The van der Waals surface area contributed by atoms with E-state index in [-0.39, 0.29) is 18.2 Å². The van der Waals surface area contributed by atoms with Gasteiger partial charge in [0.2, 0.25) is 0 Å². The Labute approximate surface area is 86.9 Å². The summed E-state index contributed by atoms with van der Waals surface area (Å²) < 4.78 is 0. The second kappa shape index (κ2) is 3.86. The zero-order chi connectivity index (χ0) is 10.8. The molecule has 1 heterocycles. The van der Waals surface area contributed by atoms with Gasteiger partial charge in [0.25, 0.3) is 5.69 Å². The van der Waals surface area contributed by atoms with Gasteiger partial charge in [-0.05, 0) is 12.0 Å². The van der Waals surface area contributed by atoms with E-state index in [1.54, 1.807) is 12.1 Å². The normalized spacial score (nSPS) is 19.1. The highest BCUT2D eigenvalue weighted by atomic mass is 16.6. The first-order valence-corrected chi connectivity index (χ1v) is 4.82. The van der Waals surface area contributed by atoms with E-state index in [9.17, 15) is 10.1 Å². The Morgan fingerprint density at radius 3 is 3.07 bits per heavy atom. The molecule has 0 saturated heterocycles. The predicted octanol–water partition coefficient (Wildman–Crippen LogP) is 1.17. The number of fused-ring (bicyclic) bond motifs is 1. The summed E-state index contributed by atoms with van der Waals surface area (Å²) >= 11 is 0. The monoisotopic (exact) mass is 208 g/mol. The Hall–Kier alpha value is -1.62. The van der Waals surface area contributed by atoms with Crippen molar-refractivity contribution in [1.82, 2.24) is 0 Å². The lowest BCUT2D eigenvalue weighted by Gasteiger charge is -2.24. The van der Waals surface area contributed by atoms with Gasteiger partial charge < -0.3 is 10.4 Å². The number of rotatable bonds is 2. The quantitative estimate of drug-likeness (QED) is 0.565. The summed E-state index contributed by atoms with van der Waals surface area (Å²) in [5.74, 6) is 0.207. The Morgan fingerprint density at radius 1 is 1.60 bits per heavy atom. The van der Waals surface area contributed by atoms with Gasteiger partial charge in [0, 0.05) is 36.9 Å². The first-order chi connectivity index (χ1) is 7.20. The van der Waals surface area contributed by atoms with Crippen LogP contribution in [0.5, 0.6) is 0 Å². The Balaban J connectivity index is 2.28. The fraction of sp³-hybridized carbons (Fsp3) is 0.400. The molecule has 1 aliphatic heterocycles. The maximum absolute atomic E-state index is 10.5. The van der Waals surface area contributed by atoms with Crippen molar-refractivity contribution in [3.63, 3.8) is 0 Å². The Bertz CT molecular complexity index is 392. The summed E-state index contributed by atoms with van der Waals surface area (Å²) in [5.41, 5.74) is 1.95. The number of aliphatic hydroxyl groups is 1. The first kappa shape index (κ1) is 9.92. The van der Waals surface area contributed by atoms with Gasteiger partial charge in [-0.3, -0.25) is 10.1 Å². The molecule has 0 aliphatic carbocycles. The molecule has 1 atom stereocenters. The minimum absolute atomic E-state index is 0.101. The van der Waals surface area contributed by atoms with Crippen LogP contribution in [0.4, 0.5) is 11.4 Å². The second-order valence-electron chi connectivity index (χ2n) is 3.73. The lowest BCUT2D eigenvalue weighted by atomic mass is 9.94. The molecule has 0 radical (unpaired) electrons. The van der Waals surface area contributed by atoms with Crippen molar-refractivity contribution in [2.24, 2.45) is 5.92 Å². The van der Waals surface area contributed by atoms with Crippen LogP contribution in [0.15, 0.2) is 18.2 Å². The van der Waals surface area contributed by atoms with Gasteiger partial charge in [-0.1, -0.05) is 6.07 Å². The topological polar surface area (TPSA) is 75.4 Å². The molecular weight excluding hydrogens is 196 g/mol. The highest BCUT2D eigenvalue weighted by Gasteiger charge is 2.19. The number of nitrogens with one attached hydrogen (secondary N) is 1. The molecular formula is C10H12N2O3. The van der Waals surface area contributed by atoms with Crippen LogP contribution in [0, 0.1) is 16.0 Å². The van der Waals surface area contributed by atoms with Crippen LogP contribution in [-0.2, 0) is 6.42 Å². The molecule has 0 aromatic heterocycles. The van der Waals surface area contributed by atoms with Crippen LogP contribution < -0.4 is 5.32 Å². The fourth-order valence-electron chi connectivity index (χ4n) is 1.79. The zero-order valence-electron chi connectivity index (χ0n) is 8.14. The molecule has 0 bridgehead atoms. The lowest BCUT2D eigenvalue weighted by molar-refractivity contribution is -0.384. The van der Waals surface area contributed by atoms with Crippen molar-refractivity contribution < 1.29 is 10.0 Å². The van der Waals surface area contributed by atoms with Crippen LogP contribution in [0.1, 0.15) is 5.56 Å². The third kappa shape index (κ3) is 1.92. The van der Waals surface area contributed by atoms with Gasteiger partial charge >= 0.3 is 0 Å². The number of hydrogen-bond acceptors (Lipinski definition) is 4. The minimum Gasteiger partial charge on any atom is -0.396 e. The number of hydrogen-bond donors (Lipinski definition) is 2. The smallest absolute Gasteiger partial charge is 0.271 e. The summed E-state index contributed by atoms with van der Waals surface area (Å²) in [7, 11) is 0. The molecule has 1 aliphatic rings. The van der Waals surface area contributed by atoms with Gasteiger partial charge in [0.15, 0.2) is 0 Å². The first-order valence-electron chi connectivity index (χ1n) is 4.82. The zero-order valence-corrected chi connectivity index (χ0v) is 8.14. The molecule has 0 saturated carbocycles. The summed E-state index contributed by atoms with van der Waals surface area (Å²) in [6, 6.07) is 4.80. The molecule has 1 aromatic carbocycles. The molecule has 80 valence electrons. The van der Waals surface area contributed by atoms with E-state index in [0.717, 1.165) is 17.7 Å². The van der Waals surface area contributed by atoms with E-state index >= 15 is 0 Å². The van der Waals surface area contributed by atoms with Crippen LogP contribution in [0.25, 0.3) is 0 Å². The number of benzene rings is 1. The number of nitrogens with zero attached hydrogens (tertiary/aromatic N) is 1. The largest absolute Gasteiger partial charge is 0.396 e. The Morgan fingerprint density at radius 2 is 2.40 bits per heavy atom. The van der Waals surface area contributed by atoms with Gasteiger partial charge in [-0.25, -0.2) is 0 Å². The van der Waals surface area contributed by atoms with Crippen LogP contribution in [0.3, 0.4) is 0 Å². The van der Waals surface area contributed by atoms with Gasteiger partial charge in [-0.2, -0.15) is 0 Å². The average Bonchev–Trinajstić information content (AvgIpc) is 2.27. The van der Waals surface area contributed by atoms with Crippen molar-refractivity contribution in [3.05, 3.63) is 33.9 Å². The van der Waals surface area contributed by atoms with E-state index in [4.69, 9.17) is 5.11 Å². The molecule has 0 amide bonds. The number of non-ortho nitro benzene ring substituents is 1. The van der Waals surface area contributed by atoms with Crippen LogP contribution in [0.2, 0.25) is 0 Å². The minimum atomic E-state index is -0.403. The SMILES string of the molecule is O=[N+]([O-])c1ccc2c(c1)NC[C@H](CO)C2. The van der Waals surface area contributed by atoms with E-state index < -0.39 is 4.92 Å². The van der Waals surface area contributed by atoms with Gasteiger partial charge in [0.05, 0.1) is 4.92 Å². The number of anilines is 1. The molecule has 2 N–H and O–H groups in total. The molecule has 0 unspecified atom stereocenters. The molecule has 5 heteroatoms. The summed E-state index contributed by atoms with van der Waals surface area (Å²) in [4.78, 5) is 10.1. The van der Waals surface area contributed by atoms with Crippen molar-refractivity contribution in [1.29, 1.82) is 0 Å². The molecule has 1 aromatic rings. The maximum atomic E-state index is 10.5. The number of nitro benzene ring substituents is 1. The number of nitro groups is 1. The van der Waals surface area contributed by atoms with E-state index in [1.807, 2.05) is 0 Å². The maximum Gasteiger partial charge on any atom is 0.271 e. The third-order valence-corrected chi connectivity index (χ3v) is 2.65. The fourth-order valence-corrected chi connectivity index (χ4v) is 1.79. The predicted molar refractivity (Wildman–Crippen MR) is 55.9 cm³/mol. The third-order valence-electron chi connectivity index (χ3n) is 2.65. The molecule has 0 spiro atoms. The average molecular weight is 208 g/mol. The molecule has 2 rings (SSSR count). The molecule has 5 nitrogen and oxygen atoms in total. The highest BCUT2D eigenvalue weighted by Crippen LogP contribution is 2.28. The standard InChI is InChI=1S/C10H12N2O3/c13-6-7-3-8-1-2-9(12(14)15)4-10(8)11-5-7/h1-2,4,7,11,13H,3,5-6H2/t7-/m1/s1.